The second-order valence-electron chi connectivity index (χ2n) is 7.18. The molecular weight excluding hydrogens is 395 g/mol. The number of piperazine rings is 1. The van der Waals surface area contributed by atoms with E-state index in [4.69, 9.17) is 0 Å². The Morgan fingerprint density at radius 3 is 2.33 bits per heavy atom. The zero-order valence-corrected chi connectivity index (χ0v) is 16.9. The molecule has 2 aliphatic rings. The smallest absolute Gasteiger partial charge is 0.219 e. The first-order valence-corrected chi connectivity index (χ1v) is 12.1. The molecule has 2 atom stereocenters. The highest BCUT2D eigenvalue weighted by atomic mass is 32.2. The highest BCUT2D eigenvalue weighted by Crippen LogP contribution is 2.30. The van der Waals surface area contributed by atoms with Crippen molar-refractivity contribution in [3.8, 4) is 0 Å². The van der Waals surface area contributed by atoms with Gasteiger partial charge in [0.25, 0.3) is 0 Å². The van der Waals surface area contributed by atoms with Gasteiger partial charge in [-0.3, -0.25) is 9.69 Å². The monoisotopic (exact) mass is 418 g/mol. The normalized spacial score (nSPS) is 26.3. The van der Waals surface area contributed by atoms with Crippen molar-refractivity contribution in [2.24, 2.45) is 0 Å². The van der Waals surface area contributed by atoms with Gasteiger partial charge in [-0.25, -0.2) is 21.2 Å². The maximum atomic E-state index is 13.5. The van der Waals surface area contributed by atoms with E-state index in [0.717, 1.165) is 6.07 Å². The molecule has 7 nitrogen and oxygen atoms in total. The second kappa shape index (κ2) is 7.14. The number of sulfone groups is 2. The molecule has 1 aromatic rings. The molecule has 1 amide bonds. The van der Waals surface area contributed by atoms with E-state index in [1.807, 2.05) is 4.90 Å². The summed E-state index contributed by atoms with van der Waals surface area (Å²) in [6.07, 6.45) is 0. The molecule has 1 aromatic carbocycles. The number of hydrogen-bond donors (Lipinski definition) is 0. The number of nitrogens with zero attached hydrogens (tertiary/aromatic N) is 2. The van der Waals surface area contributed by atoms with Gasteiger partial charge in [0, 0.05) is 39.1 Å². The first-order chi connectivity index (χ1) is 12.5. The Balaban J connectivity index is 1.90. The quantitative estimate of drug-likeness (QED) is 0.653. The van der Waals surface area contributed by atoms with Crippen molar-refractivity contribution in [2.45, 2.75) is 30.0 Å². The van der Waals surface area contributed by atoms with Gasteiger partial charge >= 0.3 is 0 Å². The molecule has 2 heterocycles. The number of benzene rings is 1. The van der Waals surface area contributed by atoms with E-state index >= 15 is 0 Å². The minimum atomic E-state index is -3.95. The van der Waals surface area contributed by atoms with Crippen LogP contribution in [0.4, 0.5) is 4.39 Å². The maximum absolute atomic E-state index is 13.5. The summed E-state index contributed by atoms with van der Waals surface area (Å²) in [5.74, 6) is -1.23. The van der Waals surface area contributed by atoms with Crippen LogP contribution in [0.3, 0.4) is 0 Å². The summed E-state index contributed by atoms with van der Waals surface area (Å²) in [4.78, 5) is 14.9. The fourth-order valence-electron chi connectivity index (χ4n) is 3.77. The summed E-state index contributed by atoms with van der Waals surface area (Å²) in [5.41, 5.74) is 0.198. The molecule has 2 saturated heterocycles. The van der Waals surface area contributed by atoms with E-state index in [1.165, 1.54) is 26.0 Å². The Labute approximate surface area is 159 Å². The third-order valence-electron chi connectivity index (χ3n) is 5.36. The number of halogens is 1. The largest absolute Gasteiger partial charge is 0.340 e. The molecule has 0 aliphatic carbocycles. The van der Waals surface area contributed by atoms with Crippen LogP contribution in [0.5, 0.6) is 0 Å². The zero-order chi connectivity index (χ0) is 20.0. The lowest BCUT2D eigenvalue weighted by Crippen LogP contribution is -2.55. The van der Waals surface area contributed by atoms with E-state index < -0.39 is 42.5 Å². The van der Waals surface area contributed by atoms with E-state index in [2.05, 4.69) is 0 Å². The topological polar surface area (TPSA) is 91.8 Å². The second-order valence-corrected chi connectivity index (χ2v) is 11.5. The minimum Gasteiger partial charge on any atom is -0.340 e. The lowest BCUT2D eigenvalue weighted by atomic mass is 10.2. The predicted molar refractivity (Wildman–Crippen MR) is 98.4 cm³/mol. The summed E-state index contributed by atoms with van der Waals surface area (Å²) < 4.78 is 64.3. The van der Waals surface area contributed by atoms with Crippen molar-refractivity contribution in [2.75, 3.05) is 37.7 Å². The van der Waals surface area contributed by atoms with Crippen LogP contribution in [0, 0.1) is 12.7 Å². The summed E-state index contributed by atoms with van der Waals surface area (Å²) in [6.45, 7) is 4.67. The van der Waals surface area contributed by atoms with Crippen LogP contribution in [0.25, 0.3) is 0 Å². The Bertz CT molecular complexity index is 954. The molecule has 0 bridgehead atoms. The van der Waals surface area contributed by atoms with Crippen molar-refractivity contribution < 1.29 is 26.0 Å². The SMILES string of the molecule is CC(=O)N1CCN([C@H]2CS(=O)(=O)C[C@@H]2S(=O)(=O)c2ccc(F)c(C)c2)CC1. The van der Waals surface area contributed by atoms with Gasteiger partial charge in [0.15, 0.2) is 19.7 Å². The van der Waals surface area contributed by atoms with E-state index in [-0.39, 0.29) is 22.1 Å². The van der Waals surface area contributed by atoms with Crippen LogP contribution in [0.15, 0.2) is 23.1 Å². The van der Waals surface area contributed by atoms with Crippen LogP contribution in [-0.4, -0.2) is 81.5 Å². The highest BCUT2D eigenvalue weighted by Gasteiger charge is 2.48. The zero-order valence-electron chi connectivity index (χ0n) is 15.3. The van der Waals surface area contributed by atoms with Crippen LogP contribution in [-0.2, 0) is 24.5 Å². The van der Waals surface area contributed by atoms with E-state index in [9.17, 15) is 26.0 Å². The van der Waals surface area contributed by atoms with Gasteiger partial charge < -0.3 is 4.90 Å². The number of hydrogen-bond acceptors (Lipinski definition) is 6. The molecule has 0 aromatic heterocycles. The molecule has 2 fully saturated rings. The molecule has 0 unspecified atom stereocenters. The summed E-state index contributed by atoms with van der Waals surface area (Å²) in [6, 6.07) is 2.86. The first-order valence-electron chi connectivity index (χ1n) is 8.71. The Kier molecular flexibility index (Phi) is 5.35. The Hall–Kier alpha value is -1.52. The van der Waals surface area contributed by atoms with Gasteiger partial charge in [-0.2, -0.15) is 0 Å². The third-order valence-corrected chi connectivity index (χ3v) is 9.47. The van der Waals surface area contributed by atoms with Gasteiger partial charge in [0.2, 0.25) is 5.91 Å². The Morgan fingerprint density at radius 2 is 1.78 bits per heavy atom. The van der Waals surface area contributed by atoms with Crippen LogP contribution >= 0.6 is 0 Å². The number of carbonyl (C=O) groups excluding carboxylic acids is 1. The van der Waals surface area contributed by atoms with E-state index in [1.54, 1.807) is 4.90 Å². The van der Waals surface area contributed by atoms with Crippen molar-refractivity contribution in [1.82, 2.24) is 9.80 Å². The van der Waals surface area contributed by atoms with Crippen molar-refractivity contribution in [1.29, 1.82) is 0 Å². The number of aryl methyl sites for hydroxylation is 1. The van der Waals surface area contributed by atoms with Gasteiger partial charge in [-0.1, -0.05) is 0 Å². The molecule has 3 rings (SSSR count). The van der Waals surface area contributed by atoms with Gasteiger partial charge in [0.1, 0.15) is 5.82 Å². The molecule has 0 saturated carbocycles. The number of amides is 1. The fraction of sp³-hybridized carbons (Fsp3) is 0.588. The van der Waals surface area contributed by atoms with E-state index in [0.29, 0.717) is 26.2 Å². The first kappa shape index (κ1) is 20.2. The molecule has 2 aliphatic heterocycles. The average molecular weight is 419 g/mol. The fourth-order valence-corrected chi connectivity index (χ4v) is 8.68. The summed E-state index contributed by atoms with van der Waals surface area (Å²) in [5, 5.41) is -1.10. The minimum absolute atomic E-state index is 0.0559. The Morgan fingerprint density at radius 1 is 1.15 bits per heavy atom. The van der Waals surface area contributed by atoms with Crippen LogP contribution in [0.2, 0.25) is 0 Å². The molecule has 10 heteroatoms. The lowest BCUT2D eigenvalue weighted by Gasteiger charge is -2.39. The number of carbonyl (C=O) groups is 1. The molecule has 0 spiro atoms. The maximum Gasteiger partial charge on any atom is 0.219 e. The highest BCUT2D eigenvalue weighted by molar-refractivity contribution is 7.96. The van der Waals surface area contributed by atoms with Crippen LogP contribution in [0.1, 0.15) is 12.5 Å². The summed E-state index contributed by atoms with van der Waals surface area (Å²) in [7, 11) is -7.45. The third kappa shape index (κ3) is 4.02. The van der Waals surface area contributed by atoms with Gasteiger partial charge in [-0.15, -0.1) is 0 Å². The standard InChI is InChI=1S/C17H23FN2O5S2/c1-12-9-14(3-4-15(12)18)27(24,25)17-11-26(22,23)10-16(17)20-7-5-19(6-8-20)13(2)21/h3-4,9,16-17H,5-8,10-11H2,1-2H3/t16-,17-/m0/s1. The lowest BCUT2D eigenvalue weighted by molar-refractivity contribution is -0.130. The molecule has 27 heavy (non-hydrogen) atoms. The van der Waals surface area contributed by atoms with Gasteiger partial charge in [-0.05, 0) is 30.7 Å². The molecule has 150 valence electrons. The van der Waals surface area contributed by atoms with Gasteiger partial charge in [0.05, 0.1) is 21.7 Å². The summed E-state index contributed by atoms with van der Waals surface area (Å²) >= 11 is 0. The van der Waals surface area contributed by atoms with Crippen molar-refractivity contribution >= 4 is 25.6 Å². The molecule has 0 radical (unpaired) electrons. The van der Waals surface area contributed by atoms with Crippen molar-refractivity contribution in [3.05, 3.63) is 29.6 Å². The number of rotatable bonds is 3. The van der Waals surface area contributed by atoms with Crippen molar-refractivity contribution in [3.63, 3.8) is 0 Å². The molecular formula is C17H23FN2O5S2. The predicted octanol–water partition coefficient (Wildman–Crippen LogP) is 0.238. The molecule has 0 N–H and O–H groups in total. The average Bonchev–Trinajstić information content (AvgIpc) is 2.94. The van der Waals surface area contributed by atoms with Crippen LogP contribution < -0.4 is 0 Å².